The van der Waals surface area contributed by atoms with Crippen LogP contribution in [0, 0.1) is 0 Å². The number of nitrogens with zero attached hydrogens (tertiary/aromatic N) is 4. The number of ether oxygens (including phenoxy) is 2. The van der Waals surface area contributed by atoms with Crippen molar-refractivity contribution in [2.24, 2.45) is 15.7 Å². The maximum Gasteiger partial charge on any atom is 0.483 e. The van der Waals surface area contributed by atoms with Gasteiger partial charge in [-0.25, -0.2) is 23.5 Å². The Kier molecular flexibility index (Phi) is 10.9. The first-order chi connectivity index (χ1) is 19.1. The second-order valence-corrected chi connectivity index (χ2v) is 11.7. The lowest BCUT2D eigenvalue weighted by Crippen LogP contribution is -2.61. The molecule has 1 aromatic heterocycles. The van der Waals surface area contributed by atoms with E-state index < -0.39 is 90.3 Å². The maximum absolute atomic E-state index is 14.8. The highest BCUT2D eigenvalue weighted by atomic mass is 31.3. The zero-order valence-electron chi connectivity index (χ0n) is 21.0. The van der Waals surface area contributed by atoms with Crippen molar-refractivity contribution in [3.63, 3.8) is 0 Å². The fourth-order valence-corrected chi connectivity index (χ4v) is 6.07. The van der Waals surface area contributed by atoms with Crippen LogP contribution in [0.1, 0.15) is 11.9 Å². The van der Waals surface area contributed by atoms with Crippen molar-refractivity contribution in [3.8, 4) is 0 Å². The maximum atomic E-state index is 14.8. The van der Waals surface area contributed by atoms with E-state index in [-0.39, 0.29) is 17.3 Å². The van der Waals surface area contributed by atoms with E-state index in [4.69, 9.17) is 20.3 Å². The molecule has 0 aromatic carbocycles. The summed E-state index contributed by atoms with van der Waals surface area (Å²) in [5, 5.41) is 58.8. The average molecular weight is 637 g/mol. The van der Waals surface area contributed by atoms with Crippen LogP contribution in [0.2, 0.25) is 0 Å². The Morgan fingerprint density at radius 3 is 2.44 bits per heavy atom. The van der Waals surface area contributed by atoms with Crippen molar-refractivity contribution < 1.29 is 76.8 Å². The number of aliphatic hydroxyl groups excluding tert-OH is 6. The molecule has 1 aromatic rings. The van der Waals surface area contributed by atoms with Gasteiger partial charge in [0.15, 0.2) is 24.5 Å². The number of phosphoric acid groups is 2. The van der Waals surface area contributed by atoms with E-state index in [1.807, 2.05) is 0 Å². The number of rotatable bonds is 12. The third-order valence-electron chi connectivity index (χ3n) is 5.98. The highest BCUT2D eigenvalue weighted by Gasteiger charge is 2.51. The summed E-state index contributed by atoms with van der Waals surface area (Å²) in [6, 6.07) is 0. The van der Waals surface area contributed by atoms with Gasteiger partial charge in [0, 0.05) is 7.05 Å². The van der Waals surface area contributed by atoms with Crippen molar-refractivity contribution in [1.82, 2.24) is 9.55 Å². The standard InChI is InChI=1S/C18H30FN5O15P2/c1-21-15(20)9-16(22-2)24(5-23-9)17-10(27)8(19)7(36-17)4-35-40(31,32)39-41(33,34)38-18-13(30)11(28)12(29)14(37-18)6(26)3-25/h5-8,10-14,17-18,25-30H,2-4H2,1H3,(H2,20,21)(H,31,32)(H,33,34)/t6-,7-,8?,10?,11?,12+,13?,14?,17-,18+/m1/s1. The van der Waals surface area contributed by atoms with E-state index >= 15 is 0 Å². The SMILES string of the molecule is C=Nc1c(C(N)=NC)ncn1[C@@H]1O[C@H](COP(=O)(O)OP(=O)(O)O[C@@H]2OC([C@H](O)CO)[C@@H](O)C(O)C2O)C(F)C1O. The average Bonchev–Trinajstić information content (AvgIpc) is 3.46. The molecule has 2 saturated heterocycles. The van der Waals surface area contributed by atoms with Gasteiger partial charge in [0.1, 0.15) is 54.3 Å². The van der Waals surface area contributed by atoms with Crippen LogP contribution < -0.4 is 5.73 Å². The number of alkyl halides is 1. The largest absolute Gasteiger partial charge is 0.483 e. The first kappa shape index (κ1) is 33.7. The van der Waals surface area contributed by atoms with E-state index in [0.29, 0.717) is 0 Å². The molecule has 0 spiro atoms. The third-order valence-corrected chi connectivity index (χ3v) is 8.58. The predicted molar refractivity (Wildman–Crippen MR) is 130 cm³/mol. The van der Waals surface area contributed by atoms with Crippen LogP contribution in [0.3, 0.4) is 0 Å². The number of phosphoric ester groups is 2. The highest BCUT2D eigenvalue weighted by molar-refractivity contribution is 7.61. The van der Waals surface area contributed by atoms with Gasteiger partial charge in [0.25, 0.3) is 0 Å². The molecule has 0 amide bonds. The van der Waals surface area contributed by atoms with Crippen LogP contribution in [-0.2, 0) is 32.0 Å². The molecule has 0 bridgehead atoms. The number of aliphatic imine (C=N–C) groups is 2. The van der Waals surface area contributed by atoms with Crippen molar-refractivity contribution in [2.45, 2.75) is 61.4 Å². The number of halogens is 1. The molecule has 10 N–H and O–H groups in total. The minimum Gasteiger partial charge on any atom is -0.394 e. The van der Waals surface area contributed by atoms with Crippen LogP contribution in [0.5, 0.6) is 0 Å². The lowest BCUT2D eigenvalue weighted by atomic mass is 9.96. The molecule has 41 heavy (non-hydrogen) atoms. The van der Waals surface area contributed by atoms with E-state index in [0.717, 1.165) is 10.9 Å². The Balaban J connectivity index is 1.65. The molecule has 3 heterocycles. The van der Waals surface area contributed by atoms with E-state index in [2.05, 4.69) is 35.0 Å². The number of hydrogen-bond donors (Lipinski definition) is 9. The molecule has 234 valence electrons. The van der Waals surface area contributed by atoms with Crippen LogP contribution in [0.15, 0.2) is 16.3 Å². The second kappa shape index (κ2) is 13.2. The minimum atomic E-state index is -5.70. The normalized spacial score (nSPS) is 36.4. The summed E-state index contributed by atoms with van der Waals surface area (Å²) < 4.78 is 63.9. The predicted octanol–water partition coefficient (Wildman–Crippen LogP) is -3.44. The van der Waals surface area contributed by atoms with Crippen LogP contribution in [-0.4, -0.2) is 138 Å². The topological polar surface area (TPSA) is 311 Å². The van der Waals surface area contributed by atoms with Gasteiger partial charge in [-0.1, -0.05) is 0 Å². The molecule has 12 atom stereocenters. The van der Waals surface area contributed by atoms with Crippen molar-refractivity contribution in [1.29, 1.82) is 0 Å². The Hall–Kier alpha value is -1.78. The summed E-state index contributed by atoms with van der Waals surface area (Å²) in [5.41, 5.74) is 5.77. The van der Waals surface area contributed by atoms with Crippen LogP contribution >= 0.6 is 15.6 Å². The smallest absolute Gasteiger partial charge is 0.394 e. The minimum absolute atomic E-state index is 0.0426. The van der Waals surface area contributed by atoms with E-state index in [1.54, 1.807) is 0 Å². The van der Waals surface area contributed by atoms with Gasteiger partial charge in [-0.05, 0) is 6.72 Å². The van der Waals surface area contributed by atoms with Gasteiger partial charge < -0.3 is 55.6 Å². The molecule has 3 rings (SSSR count). The molecule has 2 fully saturated rings. The van der Waals surface area contributed by atoms with Gasteiger partial charge in [0.05, 0.1) is 19.5 Å². The Morgan fingerprint density at radius 2 is 1.85 bits per heavy atom. The molecule has 0 aliphatic carbocycles. The lowest BCUT2D eigenvalue weighted by molar-refractivity contribution is -0.292. The quantitative estimate of drug-likeness (QED) is 0.0611. The summed E-state index contributed by atoms with van der Waals surface area (Å²) in [4.78, 5) is 31.3. The number of nitrogens with two attached hydrogens (primary N) is 1. The Bertz CT molecular complexity index is 1210. The molecular weight excluding hydrogens is 607 g/mol. The fraction of sp³-hybridized carbons (Fsp3) is 0.722. The molecular formula is C18H30FN5O15P2. The molecule has 7 unspecified atom stereocenters. The summed E-state index contributed by atoms with van der Waals surface area (Å²) in [5.74, 6) is -0.0970. The second-order valence-electron chi connectivity index (χ2n) is 8.70. The number of hydrogen-bond acceptors (Lipinski definition) is 16. The zero-order valence-corrected chi connectivity index (χ0v) is 22.8. The molecule has 2 aliphatic rings. The van der Waals surface area contributed by atoms with Crippen LogP contribution in [0.4, 0.5) is 10.2 Å². The van der Waals surface area contributed by atoms with Crippen molar-refractivity contribution in [2.75, 3.05) is 20.3 Å². The molecule has 23 heteroatoms. The summed E-state index contributed by atoms with van der Waals surface area (Å²) in [6.07, 6.45) is -18.5. The van der Waals surface area contributed by atoms with Crippen molar-refractivity contribution in [3.05, 3.63) is 12.0 Å². The fourth-order valence-electron chi connectivity index (χ4n) is 3.91. The van der Waals surface area contributed by atoms with Gasteiger partial charge in [-0.3, -0.25) is 18.6 Å². The van der Waals surface area contributed by atoms with Gasteiger partial charge in [-0.2, -0.15) is 4.31 Å². The van der Waals surface area contributed by atoms with Gasteiger partial charge in [-0.15, -0.1) is 0 Å². The Morgan fingerprint density at radius 1 is 1.20 bits per heavy atom. The first-order valence-electron chi connectivity index (χ1n) is 11.5. The van der Waals surface area contributed by atoms with E-state index in [9.17, 15) is 48.8 Å². The Labute approximate surface area is 230 Å². The number of aliphatic hydroxyl groups is 6. The molecule has 20 nitrogen and oxygen atoms in total. The number of imidazole rings is 1. The summed E-state index contributed by atoms with van der Waals surface area (Å²) in [7, 11) is -9.90. The summed E-state index contributed by atoms with van der Waals surface area (Å²) in [6.45, 7) is 1.24. The van der Waals surface area contributed by atoms with E-state index in [1.165, 1.54) is 7.05 Å². The molecule has 0 radical (unpaired) electrons. The molecule has 0 saturated carbocycles. The van der Waals surface area contributed by atoms with Crippen molar-refractivity contribution >= 4 is 34.0 Å². The highest BCUT2D eigenvalue weighted by Crippen LogP contribution is 2.61. The zero-order chi connectivity index (χ0) is 30.9. The number of aromatic nitrogens is 2. The van der Waals surface area contributed by atoms with Crippen LogP contribution in [0.25, 0.3) is 0 Å². The lowest BCUT2D eigenvalue weighted by Gasteiger charge is -2.41. The third kappa shape index (κ3) is 7.42. The summed E-state index contributed by atoms with van der Waals surface area (Å²) >= 11 is 0. The monoisotopic (exact) mass is 637 g/mol. The first-order valence-corrected chi connectivity index (χ1v) is 14.5. The molecule has 2 aliphatic heterocycles. The number of amidine groups is 1. The van der Waals surface area contributed by atoms with Gasteiger partial charge >= 0.3 is 15.6 Å². The van der Waals surface area contributed by atoms with Gasteiger partial charge in [0.2, 0.25) is 0 Å².